The summed E-state index contributed by atoms with van der Waals surface area (Å²) in [6.07, 6.45) is 0.816. The molecule has 1 aromatic carbocycles. The molecular weight excluding hydrogens is 331 g/mol. The lowest BCUT2D eigenvalue weighted by molar-refractivity contribution is -0.137. The normalized spacial score (nSPS) is 19.2. The van der Waals surface area contributed by atoms with Crippen molar-refractivity contribution in [3.05, 3.63) is 53.9 Å². The number of halogens is 3. The largest absolute Gasteiger partial charge is 0.416 e. The Morgan fingerprint density at radius 3 is 2.84 bits per heavy atom. The molecule has 136 valence electrons. The first-order valence-electron chi connectivity index (χ1n) is 8.48. The van der Waals surface area contributed by atoms with E-state index in [4.69, 9.17) is 4.74 Å². The number of hydrogen-bond donors (Lipinski definition) is 0. The van der Waals surface area contributed by atoms with Gasteiger partial charge in [-0.1, -0.05) is 18.2 Å². The zero-order chi connectivity index (χ0) is 17.7. The summed E-state index contributed by atoms with van der Waals surface area (Å²) in [6, 6.07) is 7.42. The van der Waals surface area contributed by atoms with Crippen LogP contribution < -0.4 is 0 Å². The highest BCUT2D eigenvalue weighted by atomic mass is 19.4. The molecule has 0 saturated carbocycles. The SMILES string of the molecule is FC(F)(F)c1cccc(C[C@@H]2CN(CCCn3cccn3)CCO2)c1. The van der Waals surface area contributed by atoms with Crippen molar-refractivity contribution >= 4 is 0 Å². The Morgan fingerprint density at radius 2 is 2.08 bits per heavy atom. The van der Waals surface area contributed by atoms with Gasteiger partial charge in [-0.2, -0.15) is 18.3 Å². The van der Waals surface area contributed by atoms with Crippen molar-refractivity contribution in [2.24, 2.45) is 0 Å². The number of ether oxygens (including phenoxy) is 1. The average Bonchev–Trinajstić information content (AvgIpc) is 3.08. The van der Waals surface area contributed by atoms with E-state index in [0.717, 1.165) is 38.7 Å². The third-order valence-electron chi connectivity index (χ3n) is 4.36. The second-order valence-corrected chi connectivity index (χ2v) is 6.32. The molecular formula is C18H22F3N3O. The predicted molar refractivity (Wildman–Crippen MR) is 88.2 cm³/mol. The van der Waals surface area contributed by atoms with Crippen LogP contribution in [0, 0.1) is 0 Å². The summed E-state index contributed by atoms with van der Waals surface area (Å²) in [5.41, 5.74) is 0.0649. The van der Waals surface area contributed by atoms with Gasteiger partial charge in [0.1, 0.15) is 0 Å². The van der Waals surface area contributed by atoms with E-state index in [9.17, 15) is 13.2 Å². The number of rotatable bonds is 6. The van der Waals surface area contributed by atoms with E-state index in [0.29, 0.717) is 18.6 Å². The molecule has 0 spiro atoms. The summed E-state index contributed by atoms with van der Waals surface area (Å²) < 4.78 is 46.1. The molecule has 2 aromatic rings. The molecule has 0 radical (unpaired) electrons. The van der Waals surface area contributed by atoms with E-state index < -0.39 is 11.7 Å². The van der Waals surface area contributed by atoms with Crippen LogP contribution in [0.5, 0.6) is 0 Å². The van der Waals surface area contributed by atoms with Crippen LogP contribution in [0.4, 0.5) is 13.2 Å². The summed E-state index contributed by atoms with van der Waals surface area (Å²) >= 11 is 0. The van der Waals surface area contributed by atoms with Crippen molar-refractivity contribution in [1.29, 1.82) is 0 Å². The maximum absolute atomic E-state index is 12.8. The third kappa shape index (κ3) is 5.31. The maximum atomic E-state index is 12.8. The van der Waals surface area contributed by atoms with Gasteiger partial charge in [0.25, 0.3) is 0 Å². The molecule has 4 nitrogen and oxygen atoms in total. The van der Waals surface area contributed by atoms with Crippen LogP contribution in [0.15, 0.2) is 42.7 Å². The van der Waals surface area contributed by atoms with E-state index in [1.807, 2.05) is 16.9 Å². The van der Waals surface area contributed by atoms with Gasteiger partial charge in [0.2, 0.25) is 0 Å². The molecule has 25 heavy (non-hydrogen) atoms. The maximum Gasteiger partial charge on any atom is 0.416 e. The molecule has 0 aliphatic carbocycles. The average molecular weight is 353 g/mol. The second-order valence-electron chi connectivity index (χ2n) is 6.32. The molecule has 1 aliphatic heterocycles. The van der Waals surface area contributed by atoms with Gasteiger partial charge >= 0.3 is 6.18 Å². The minimum Gasteiger partial charge on any atom is -0.375 e. The topological polar surface area (TPSA) is 30.3 Å². The summed E-state index contributed by atoms with van der Waals surface area (Å²) in [4.78, 5) is 2.31. The van der Waals surface area contributed by atoms with Crippen LogP contribution >= 0.6 is 0 Å². The number of nitrogens with zero attached hydrogens (tertiary/aromatic N) is 3. The van der Waals surface area contributed by atoms with Gasteiger partial charge in [0.15, 0.2) is 0 Å². The Hall–Kier alpha value is -1.86. The number of alkyl halides is 3. The molecule has 1 atom stereocenters. The molecule has 1 aromatic heterocycles. The lowest BCUT2D eigenvalue weighted by Gasteiger charge is -2.33. The predicted octanol–water partition coefficient (Wildman–Crippen LogP) is 3.24. The van der Waals surface area contributed by atoms with Crippen molar-refractivity contribution in [3.63, 3.8) is 0 Å². The molecule has 7 heteroatoms. The van der Waals surface area contributed by atoms with Crippen molar-refractivity contribution in [1.82, 2.24) is 14.7 Å². The first kappa shape index (κ1) is 17.9. The zero-order valence-corrected chi connectivity index (χ0v) is 14.0. The lowest BCUT2D eigenvalue weighted by Crippen LogP contribution is -2.43. The molecule has 2 heterocycles. The Balaban J connectivity index is 1.49. The molecule has 3 rings (SSSR count). The van der Waals surface area contributed by atoms with Gasteiger partial charge < -0.3 is 4.74 Å². The van der Waals surface area contributed by atoms with Gasteiger partial charge in [-0.15, -0.1) is 0 Å². The summed E-state index contributed by atoms with van der Waals surface area (Å²) in [5, 5.41) is 4.18. The van der Waals surface area contributed by atoms with Gasteiger partial charge in [-0.3, -0.25) is 9.58 Å². The Labute approximate surface area is 145 Å². The van der Waals surface area contributed by atoms with Crippen molar-refractivity contribution < 1.29 is 17.9 Å². The van der Waals surface area contributed by atoms with Crippen molar-refractivity contribution in [2.75, 3.05) is 26.2 Å². The van der Waals surface area contributed by atoms with Crippen LogP contribution in [0.2, 0.25) is 0 Å². The lowest BCUT2D eigenvalue weighted by atomic mass is 10.0. The number of aromatic nitrogens is 2. The zero-order valence-electron chi connectivity index (χ0n) is 14.0. The smallest absolute Gasteiger partial charge is 0.375 e. The fraction of sp³-hybridized carbons (Fsp3) is 0.500. The molecule has 0 amide bonds. The van der Waals surface area contributed by atoms with E-state index in [-0.39, 0.29) is 6.10 Å². The van der Waals surface area contributed by atoms with Gasteiger partial charge in [0.05, 0.1) is 18.3 Å². The Morgan fingerprint density at radius 1 is 1.20 bits per heavy atom. The summed E-state index contributed by atoms with van der Waals surface area (Å²) in [6.45, 7) is 4.02. The van der Waals surface area contributed by atoms with Crippen molar-refractivity contribution in [2.45, 2.75) is 31.7 Å². The first-order valence-corrected chi connectivity index (χ1v) is 8.48. The highest BCUT2D eigenvalue weighted by Gasteiger charge is 2.30. The summed E-state index contributed by atoms with van der Waals surface area (Å²) in [7, 11) is 0. The quantitative estimate of drug-likeness (QED) is 0.799. The minimum atomic E-state index is -4.30. The number of aryl methyl sites for hydroxylation is 1. The van der Waals surface area contributed by atoms with E-state index in [1.54, 1.807) is 12.3 Å². The molecule has 0 N–H and O–H groups in total. The van der Waals surface area contributed by atoms with E-state index >= 15 is 0 Å². The highest BCUT2D eigenvalue weighted by Crippen LogP contribution is 2.30. The number of hydrogen-bond acceptors (Lipinski definition) is 3. The Bertz CT molecular complexity index is 658. The number of benzene rings is 1. The fourth-order valence-corrected chi connectivity index (χ4v) is 3.13. The van der Waals surface area contributed by atoms with Crippen molar-refractivity contribution in [3.8, 4) is 0 Å². The van der Waals surface area contributed by atoms with Gasteiger partial charge in [0, 0.05) is 38.6 Å². The molecule has 1 fully saturated rings. The standard InChI is InChI=1S/C18H22F3N3O/c19-18(20,21)16-5-1-4-15(12-16)13-17-14-23(10-11-25-17)7-3-9-24-8-2-6-22-24/h1-2,4-6,8,12,17H,3,7,9-11,13-14H2/t17-/m1/s1. The van der Waals surface area contributed by atoms with Crippen LogP contribution in [-0.4, -0.2) is 47.0 Å². The first-order chi connectivity index (χ1) is 12.0. The highest BCUT2D eigenvalue weighted by molar-refractivity contribution is 5.26. The summed E-state index contributed by atoms with van der Waals surface area (Å²) in [5.74, 6) is 0. The third-order valence-corrected chi connectivity index (χ3v) is 4.36. The number of morpholine rings is 1. The fourth-order valence-electron chi connectivity index (χ4n) is 3.13. The molecule has 0 unspecified atom stereocenters. The molecule has 0 bridgehead atoms. The van der Waals surface area contributed by atoms with Gasteiger partial charge in [-0.25, -0.2) is 0 Å². The van der Waals surface area contributed by atoms with Crippen LogP contribution in [-0.2, 0) is 23.9 Å². The monoisotopic (exact) mass is 353 g/mol. The Kier molecular flexibility index (Phi) is 5.75. The van der Waals surface area contributed by atoms with Crippen LogP contribution in [0.3, 0.4) is 0 Å². The minimum absolute atomic E-state index is 0.0677. The molecule has 1 saturated heterocycles. The second kappa shape index (κ2) is 8.01. The van der Waals surface area contributed by atoms with E-state index in [1.165, 1.54) is 12.1 Å². The molecule has 1 aliphatic rings. The van der Waals surface area contributed by atoms with E-state index in [2.05, 4.69) is 10.00 Å². The van der Waals surface area contributed by atoms with Crippen LogP contribution in [0.1, 0.15) is 17.5 Å². The van der Waals surface area contributed by atoms with Crippen LogP contribution in [0.25, 0.3) is 0 Å². The van der Waals surface area contributed by atoms with Gasteiger partial charge in [-0.05, 0) is 30.5 Å².